The second kappa shape index (κ2) is 4.93. The number of likely N-dealkylation sites (tertiary alicyclic amines) is 1. The van der Waals surface area contributed by atoms with Gasteiger partial charge in [-0.1, -0.05) is 20.8 Å². The number of aromatic nitrogens is 4. The lowest BCUT2D eigenvalue weighted by Gasteiger charge is -2.37. The van der Waals surface area contributed by atoms with Gasteiger partial charge in [0, 0.05) is 18.5 Å². The Balaban J connectivity index is 2.08. The molecule has 0 aromatic carbocycles. The van der Waals surface area contributed by atoms with E-state index in [1.54, 1.807) is 4.68 Å². The van der Waals surface area contributed by atoms with E-state index in [9.17, 15) is 4.79 Å². The summed E-state index contributed by atoms with van der Waals surface area (Å²) >= 11 is 2.11. The molecule has 0 saturated carbocycles. The fourth-order valence-corrected chi connectivity index (χ4v) is 3.13. The van der Waals surface area contributed by atoms with Crippen LogP contribution in [0.15, 0.2) is 0 Å². The van der Waals surface area contributed by atoms with Crippen LogP contribution in [0.25, 0.3) is 11.0 Å². The number of nitrogens with zero attached hydrogens (tertiary/aromatic N) is 5. The van der Waals surface area contributed by atoms with Gasteiger partial charge in [-0.3, -0.25) is 0 Å². The second-order valence-corrected chi connectivity index (χ2v) is 7.48. The minimum absolute atomic E-state index is 0.00997. The van der Waals surface area contributed by atoms with Crippen LogP contribution in [0.5, 0.6) is 0 Å². The standard InChI is InChI=1S/C13H17IN6O2/c1-13(2,3)11-16-9(15)7-8(14)18-20(10(7)17-11)6-4-19(5-6)12(21)22/h6H,4-5H2,1-3H3,(H,21,22)(H2,15,16,17). The number of nitrogen functional groups attached to an aromatic ring is 1. The van der Waals surface area contributed by atoms with Crippen LogP contribution in [0.3, 0.4) is 0 Å². The summed E-state index contributed by atoms with van der Waals surface area (Å²) < 4.78 is 2.52. The zero-order valence-electron chi connectivity index (χ0n) is 12.5. The third kappa shape index (κ3) is 2.36. The lowest BCUT2D eigenvalue weighted by Crippen LogP contribution is -2.50. The highest BCUT2D eigenvalue weighted by molar-refractivity contribution is 14.1. The largest absolute Gasteiger partial charge is 0.465 e. The number of carboxylic acid groups (broad SMARTS) is 1. The minimum Gasteiger partial charge on any atom is -0.465 e. The fourth-order valence-electron chi connectivity index (χ4n) is 2.38. The van der Waals surface area contributed by atoms with Crippen molar-refractivity contribution >= 4 is 45.5 Å². The Morgan fingerprint density at radius 2 is 2.00 bits per heavy atom. The van der Waals surface area contributed by atoms with Crippen molar-refractivity contribution in [3.8, 4) is 0 Å². The van der Waals surface area contributed by atoms with Crippen molar-refractivity contribution in [1.82, 2.24) is 24.6 Å². The molecule has 1 amide bonds. The maximum Gasteiger partial charge on any atom is 0.407 e. The molecule has 0 aliphatic carbocycles. The van der Waals surface area contributed by atoms with E-state index >= 15 is 0 Å². The number of rotatable bonds is 1. The molecule has 1 saturated heterocycles. The lowest BCUT2D eigenvalue weighted by molar-refractivity contribution is 0.0824. The van der Waals surface area contributed by atoms with Crippen molar-refractivity contribution in [2.75, 3.05) is 18.8 Å². The monoisotopic (exact) mass is 416 g/mol. The second-order valence-electron chi connectivity index (χ2n) is 6.46. The first-order valence-electron chi connectivity index (χ1n) is 6.88. The number of amides is 1. The molecule has 2 aromatic heterocycles. The van der Waals surface area contributed by atoms with Gasteiger partial charge in [0.2, 0.25) is 0 Å². The summed E-state index contributed by atoms with van der Waals surface area (Å²) in [5.74, 6) is 1.07. The molecule has 0 spiro atoms. The molecule has 118 valence electrons. The van der Waals surface area contributed by atoms with Crippen LogP contribution in [0.2, 0.25) is 0 Å². The molecule has 0 radical (unpaired) electrons. The number of hydrogen-bond acceptors (Lipinski definition) is 5. The number of carbonyl (C=O) groups is 1. The summed E-state index contributed by atoms with van der Waals surface area (Å²) in [4.78, 5) is 21.3. The van der Waals surface area contributed by atoms with Gasteiger partial charge in [0.25, 0.3) is 0 Å². The molecule has 8 nitrogen and oxygen atoms in total. The molecular weight excluding hydrogens is 399 g/mol. The Morgan fingerprint density at radius 1 is 1.36 bits per heavy atom. The number of nitrogens with two attached hydrogens (primary N) is 1. The van der Waals surface area contributed by atoms with Gasteiger partial charge in [-0.25, -0.2) is 19.4 Å². The van der Waals surface area contributed by atoms with E-state index in [2.05, 4.69) is 37.7 Å². The van der Waals surface area contributed by atoms with Crippen LogP contribution in [-0.2, 0) is 5.41 Å². The average molecular weight is 416 g/mol. The van der Waals surface area contributed by atoms with Gasteiger partial charge in [-0.2, -0.15) is 5.10 Å². The Labute approximate surface area is 140 Å². The predicted octanol–water partition coefficient (Wildman–Crippen LogP) is 1.85. The van der Waals surface area contributed by atoms with Gasteiger partial charge in [-0.15, -0.1) is 0 Å². The van der Waals surface area contributed by atoms with E-state index < -0.39 is 6.09 Å². The van der Waals surface area contributed by atoms with E-state index in [0.29, 0.717) is 30.4 Å². The van der Waals surface area contributed by atoms with Crippen molar-refractivity contribution in [1.29, 1.82) is 0 Å². The molecule has 0 unspecified atom stereocenters. The van der Waals surface area contributed by atoms with E-state index in [0.717, 1.165) is 9.09 Å². The predicted molar refractivity (Wildman–Crippen MR) is 89.8 cm³/mol. The van der Waals surface area contributed by atoms with Crippen LogP contribution in [0.1, 0.15) is 32.6 Å². The molecule has 2 aromatic rings. The molecule has 22 heavy (non-hydrogen) atoms. The first kappa shape index (κ1) is 15.3. The molecule has 1 aliphatic rings. The highest BCUT2D eigenvalue weighted by Crippen LogP contribution is 2.31. The average Bonchev–Trinajstić information content (AvgIpc) is 2.63. The normalized spacial score (nSPS) is 16.1. The first-order valence-corrected chi connectivity index (χ1v) is 7.96. The molecule has 3 N–H and O–H groups in total. The molecule has 9 heteroatoms. The van der Waals surface area contributed by atoms with Crippen molar-refractivity contribution in [2.45, 2.75) is 32.2 Å². The maximum absolute atomic E-state index is 10.9. The zero-order valence-corrected chi connectivity index (χ0v) is 14.7. The smallest absolute Gasteiger partial charge is 0.407 e. The molecule has 3 rings (SSSR count). The Kier molecular flexibility index (Phi) is 3.42. The molecule has 3 heterocycles. The third-order valence-corrected chi connectivity index (χ3v) is 4.44. The highest BCUT2D eigenvalue weighted by Gasteiger charge is 2.35. The van der Waals surface area contributed by atoms with Crippen LogP contribution >= 0.6 is 22.6 Å². The quantitative estimate of drug-likeness (QED) is 0.687. The van der Waals surface area contributed by atoms with Crippen LogP contribution in [0.4, 0.5) is 10.6 Å². The summed E-state index contributed by atoms with van der Waals surface area (Å²) in [5, 5.41) is 14.2. The Morgan fingerprint density at radius 3 is 2.55 bits per heavy atom. The van der Waals surface area contributed by atoms with Crippen LogP contribution in [-0.4, -0.2) is 48.9 Å². The van der Waals surface area contributed by atoms with Crippen molar-refractivity contribution < 1.29 is 9.90 Å². The molecule has 1 fully saturated rings. The van der Waals surface area contributed by atoms with Crippen LogP contribution in [0, 0.1) is 3.70 Å². The van der Waals surface area contributed by atoms with Gasteiger partial charge in [0.05, 0.1) is 11.4 Å². The first-order chi connectivity index (χ1) is 10.2. The number of halogens is 1. The minimum atomic E-state index is -0.910. The van der Waals surface area contributed by atoms with Crippen LogP contribution < -0.4 is 5.73 Å². The van der Waals surface area contributed by atoms with Crippen molar-refractivity contribution in [3.63, 3.8) is 0 Å². The molecule has 0 bridgehead atoms. The molecule has 1 aliphatic heterocycles. The Bertz CT molecular complexity index is 760. The molecule has 0 atom stereocenters. The maximum atomic E-state index is 10.9. The van der Waals surface area contributed by atoms with Crippen molar-refractivity contribution in [2.24, 2.45) is 0 Å². The van der Waals surface area contributed by atoms with E-state index in [1.165, 1.54) is 4.90 Å². The summed E-state index contributed by atoms with van der Waals surface area (Å²) in [5.41, 5.74) is 6.54. The van der Waals surface area contributed by atoms with Gasteiger partial charge >= 0.3 is 6.09 Å². The zero-order chi connectivity index (χ0) is 16.2. The van der Waals surface area contributed by atoms with Crippen molar-refractivity contribution in [3.05, 3.63) is 9.53 Å². The molecular formula is C13H17IN6O2. The third-order valence-electron chi connectivity index (χ3n) is 3.69. The summed E-state index contributed by atoms with van der Waals surface area (Å²) in [7, 11) is 0. The lowest BCUT2D eigenvalue weighted by atomic mass is 9.95. The van der Waals surface area contributed by atoms with Gasteiger partial charge in [-0.05, 0) is 22.6 Å². The SMILES string of the molecule is CC(C)(C)c1nc(N)c2c(I)nn(C3CN(C(=O)O)C3)c2n1. The van der Waals surface area contributed by atoms with Gasteiger partial charge in [0.1, 0.15) is 15.3 Å². The summed E-state index contributed by atoms with van der Waals surface area (Å²) in [6, 6.07) is -0.00997. The Hall–Kier alpha value is -1.65. The fraction of sp³-hybridized carbons (Fsp3) is 0.538. The van der Waals surface area contributed by atoms with Gasteiger partial charge < -0.3 is 15.7 Å². The van der Waals surface area contributed by atoms with E-state index in [-0.39, 0.29) is 11.5 Å². The number of fused-ring (bicyclic) bond motifs is 1. The van der Waals surface area contributed by atoms with E-state index in [4.69, 9.17) is 10.8 Å². The summed E-state index contributed by atoms with van der Waals surface area (Å²) in [6.45, 7) is 6.90. The van der Waals surface area contributed by atoms with E-state index in [1.807, 2.05) is 20.8 Å². The number of anilines is 1. The topological polar surface area (TPSA) is 110 Å². The number of hydrogen-bond donors (Lipinski definition) is 2. The van der Waals surface area contributed by atoms with Gasteiger partial charge in [0.15, 0.2) is 5.65 Å². The summed E-state index contributed by atoms with van der Waals surface area (Å²) in [6.07, 6.45) is -0.910. The highest BCUT2D eigenvalue weighted by atomic mass is 127.